The Labute approximate surface area is 128 Å². The number of aryl methyl sites for hydroxylation is 2. The van der Waals surface area contributed by atoms with Crippen molar-refractivity contribution in [1.82, 2.24) is 4.31 Å². The second-order valence-electron chi connectivity index (χ2n) is 6.49. The molecule has 1 saturated carbocycles. The van der Waals surface area contributed by atoms with Crippen LogP contribution in [0.15, 0.2) is 11.0 Å². The molecule has 1 aliphatic rings. The molecule has 0 saturated heterocycles. The molecule has 0 atom stereocenters. The van der Waals surface area contributed by atoms with Gasteiger partial charge in [0, 0.05) is 18.3 Å². The lowest BCUT2D eigenvalue weighted by Gasteiger charge is -2.28. The summed E-state index contributed by atoms with van der Waals surface area (Å²) in [6.45, 7) is 10.0. The minimum Gasteiger partial charge on any atom is -0.398 e. The van der Waals surface area contributed by atoms with Crippen molar-refractivity contribution in [3.05, 3.63) is 22.8 Å². The van der Waals surface area contributed by atoms with Gasteiger partial charge in [-0.15, -0.1) is 0 Å². The maximum absolute atomic E-state index is 13.1. The zero-order chi connectivity index (χ0) is 15.9. The first kappa shape index (κ1) is 16.3. The highest BCUT2D eigenvalue weighted by molar-refractivity contribution is 7.89. The normalized spacial score (nSPS) is 16.0. The van der Waals surface area contributed by atoms with Gasteiger partial charge in [0.15, 0.2) is 0 Å². The summed E-state index contributed by atoms with van der Waals surface area (Å²) < 4.78 is 27.9. The fourth-order valence-corrected chi connectivity index (χ4v) is 5.00. The Morgan fingerprint density at radius 3 is 2.29 bits per heavy atom. The minimum atomic E-state index is -3.50. The minimum absolute atomic E-state index is 0.0445. The van der Waals surface area contributed by atoms with E-state index in [1.807, 2.05) is 33.8 Å². The first-order chi connectivity index (χ1) is 9.66. The third-order valence-electron chi connectivity index (χ3n) is 4.24. The lowest BCUT2D eigenvalue weighted by Crippen LogP contribution is -2.39. The Balaban J connectivity index is 2.54. The highest BCUT2D eigenvalue weighted by Crippen LogP contribution is 2.35. The quantitative estimate of drug-likeness (QED) is 0.850. The van der Waals surface area contributed by atoms with E-state index in [2.05, 4.69) is 0 Å². The molecule has 2 rings (SSSR count). The number of hydrogen-bond donors (Lipinski definition) is 1. The molecule has 1 aliphatic carbocycles. The highest BCUT2D eigenvalue weighted by Gasteiger charge is 2.35. The summed E-state index contributed by atoms with van der Waals surface area (Å²) in [5.41, 5.74) is 9.02. The van der Waals surface area contributed by atoms with Gasteiger partial charge < -0.3 is 5.73 Å². The summed E-state index contributed by atoms with van der Waals surface area (Å²) in [6, 6.07) is 1.82. The molecule has 4 nitrogen and oxygen atoms in total. The van der Waals surface area contributed by atoms with Gasteiger partial charge in [-0.3, -0.25) is 0 Å². The van der Waals surface area contributed by atoms with E-state index in [9.17, 15) is 8.42 Å². The number of rotatable bonds is 5. The van der Waals surface area contributed by atoms with Crippen molar-refractivity contribution < 1.29 is 8.42 Å². The van der Waals surface area contributed by atoms with E-state index in [4.69, 9.17) is 5.73 Å². The van der Waals surface area contributed by atoms with E-state index >= 15 is 0 Å². The van der Waals surface area contributed by atoms with Crippen LogP contribution in [0.25, 0.3) is 0 Å². The largest absolute Gasteiger partial charge is 0.398 e. The van der Waals surface area contributed by atoms with Crippen LogP contribution in [0.2, 0.25) is 0 Å². The van der Waals surface area contributed by atoms with Gasteiger partial charge in [0.2, 0.25) is 10.0 Å². The summed E-state index contributed by atoms with van der Waals surface area (Å²) in [7, 11) is -3.50. The standard InChI is InChI=1S/C16H26N2O2S/c1-10(2)18(9-14-6-7-14)21(19,20)16-12(4)8-11(3)15(17)13(16)5/h8,10,14H,6-7,9,17H2,1-5H3. The van der Waals surface area contributed by atoms with Gasteiger partial charge in [0.25, 0.3) is 0 Å². The van der Waals surface area contributed by atoms with Crippen molar-refractivity contribution in [3.63, 3.8) is 0 Å². The predicted molar refractivity (Wildman–Crippen MR) is 86.8 cm³/mol. The van der Waals surface area contributed by atoms with Crippen molar-refractivity contribution in [2.45, 2.75) is 58.4 Å². The Bertz CT molecular complexity index is 647. The molecule has 0 aliphatic heterocycles. The number of nitrogen functional groups attached to an aromatic ring is 1. The van der Waals surface area contributed by atoms with E-state index < -0.39 is 10.0 Å². The van der Waals surface area contributed by atoms with E-state index in [1.54, 1.807) is 11.2 Å². The van der Waals surface area contributed by atoms with Gasteiger partial charge in [-0.1, -0.05) is 6.07 Å². The first-order valence-electron chi connectivity index (χ1n) is 7.54. The Morgan fingerprint density at radius 1 is 1.24 bits per heavy atom. The molecule has 2 N–H and O–H groups in total. The van der Waals surface area contributed by atoms with E-state index in [-0.39, 0.29) is 6.04 Å². The maximum atomic E-state index is 13.1. The smallest absolute Gasteiger partial charge is 0.243 e. The average molecular weight is 310 g/mol. The molecule has 0 radical (unpaired) electrons. The van der Waals surface area contributed by atoms with E-state index in [0.29, 0.717) is 28.6 Å². The number of nitrogens with two attached hydrogens (primary N) is 1. The van der Waals surface area contributed by atoms with Gasteiger partial charge in [0.1, 0.15) is 0 Å². The molecule has 0 spiro atoms. The average Bonchev–Trinajstić information content (AvgIpc) is 3.16. The number of benzene rings is 1. The summed E-state index contributed by atoms with van der Waals surface area (Å²) >= 11 is 0. The molecule has 0 bridgehead atoms. The van der Waals surface area contributed by atoms with Crippen LogP contribution in [-0.2, 0) is 10.0 Å². The summed E-state index contributed by atoms with van der Waals surface area (Å²) in [6.07, 6.45) is 2.26. The van der Waals surface area contributed by atoms with Crippen molar-refractivity contribution in [1.29, 1.82) is 0 Å². The summed E-state index contributed by atoms with van der Waals surface area (Å²) in [4.78, 5) is 0.389. The van der Waals surface area contributed by atoms with Gasteiger partial charge >= 0.3 is 0 Å². The number of anilines is 1. The van der Waals surface area contributed by atoms with Gasteiger partial charge in [0.05, 0.1) is 4.90 Å². The van der Waals surface area contributed by atoms with Gasteiger partial charge in [-0.2, -0.15) is 4.31 Å². The molecular formula is C16H26N2O2S. The van der Waals surface area contributed by atoms with Crippen molar-refractivity contribution in [3.8, 4) is 0 Å². The second-order valence-corrected chi connectivity index (χ2v) is 8.32. The third-order valence-corrected chi connectivity index (χ3v) is 6.57. The zero-order valence-electron chi connectivity index (χ0n) is 13.6. The Kier molecular flexibility index (Phi) is 4.36. The van der Waals surface area contributed by atoms with E-state index in [0.717, 1.165) is 24.0 Å². The number of hydrogen-bond acceptors (Lipinski definition) is 3. The van der Waals surface area contributed by atoms with Crippen LogP contribution >= 0.6 is 0 Å². The molecule has 0 heterocycles. The summed E-state index contributed by atoms with van der Waals surface area (Å²) in [5, 5.41) is 0. The fourth-order valence-electron chi connectivity index (χ4n) is 2.84. The highest BCUT2D eigenvalue weighted by atomic mass is 32.2. The monoisotopic (exact) mass is 310 g/mol. The first-order valence-corrected chi connectivity index (χ1v) is 8.98. The SMILES string of the molecule is Cc1cc(C)c(S(=O)(=O)N(CC2CC2)C(C)C)c(C)c1N. The van der Waals surface area contributed by atoms with Crippen molar-refractivity contribution in [2.75, 3.05) is 12.3 Å². The lowest BCUT2D eigenvalue weighted by molar-refractivity contribution is 0.341. The molecule has 118 valence electrons. The number of sulfonamides is 1. The molecule has 0 unspecified atom stereocenters. The zero-order valence-corrected chi connectivity index (χ0v) is 14.4. The molecule has 21 heavy (non-hydrogen) atoms. The van der Waals surface area contributed by atoms with Crippen molar-refractivity contribution in [2.24, 2.45) is 5.92 Å². The molecule has 5 heteroatoms. The molecule has 0 amide bonds. The molecule has 0 aromatic heterocycles. The van der Waals surface area contributed by atoms with Crippen LogP contribution < -0.4 is 5.73 Å². The van der Waals surface area contributed by atoms with E-state index in [1.165, 1.54) is 0 Å². The maximum Gasteiger partial charge on any atom is 0.243 e. The van der Waals surface area contributed by atoms with Crippen LogP contribution in [0.3, 0.4) is 0 Å². The molecular weight excluding hydrogens is 284 g/mol. The Morgan fingerprint density at radius 2 is 1.81 bits per heavy atom. The van der Waals surface area contributed by atoms with Crippen LogP contribution in [-0.4, -0.2) is 25.3 Å². The third kappa shape index (κ3) is 3.09. The van der Waals surface area contributed by atoms with Gasteiger partial charge in [-0.25, -0.2) is 8.42 Å². The molecule has 1 fully saturated rings. The topological polar surface area (TPSA) is 63.4 Å². The van der Waals surface area contributed by atoms with Crippen LogP contribution in [0.4, 0.5) is 5.69 Å². The molecule has 1 aromatic rings. The van der Waals surface area contributed by atoms with Crippen LogP contribution in [0.1, 0.15) is 43.4 Å². The fraction of sp³-hybridized carbons (Fsp3) is 0.625. The van der Waals surface area contributed by atoms with Crippen LogP contribution in [0, 0.1) is 26.7 Å². The van der Waals surface area contributed by atoms with Crippen molar-refractivity contribution >= 4 is 15.7 Å². The molecule has 1 aromatic carbocycles. The Hall–Kier alpha value is -1.07. The second kappa shape index (κ2) is 5.61. The van der Waals surface area contributed by atoms with Gasteiger partial charge in [-0.05, 0) is 70.1 Å². The lowest BCUT2D eigenvalue weighted by atomic mass is 10.1. The predicted octanol–water partition coefficient (Wildman–Crippen LogP) is 3.00. The summed E-state index contributed by atoms with van der Waals surface area (Å²) in [5.74, 6) is 0.519. The van der Waals surface area contributed by atoms with Crippen LogP contribution in [0.5, 0.6) is 0 Å². The number of nitrogens with zero attached hydrogens (tertiary/aromatic N) is 1.